The first-order chi connectivity index (χ1) is 9.20. The second-order valence-corrected chi connectivity index (χ2v) is 7.07. The molecule has 4 saturated carbocycles. The van der Waals surface area contributed by atoms with Crippen molar-refractivity contribution in [3.05, 3.63) is 22.7 Å². The third-order valence-corrected chi connectivity index (χ3v) is 5.79. The van der Waals surface area contributed by atoms with Crippen molar-refractivity contribution in [3.63, 3.8) is 0 Å². The molecule has 1 aromatic rings. The molecule has 1 heterocycles. The van der Waals surface area contributed by atoms with Crippen LogP contribution in [0.15, 0.2) is 6.33 Å². The summed E-state index contributed by atoms with van der Waals surface area (Å²) in [4.78, 5) is 8.46. The summed E-state index contributed by atoms with van der Waals surface area (Å²) in [5, 5.41) is 9.61. The van der Waals surface area contributed by atoms with Crippen LogP contribution in [0.25, 0.3) is 0 Å². The summed E-state index contributed by atoms with van der Waals surface area (Å²) in [5.41, 5.74) is 1.43. The zero-order valence-electron chi connectivity index (χ0n) is 10.8. The van der Waals surface area contributed by atoms with E-state index in [0.717, 1.165) is 23.4 Å². The highest BCUT2D eigenvalue weighted by atomic mass is 35.5. The van der Waals surface area contributed by atoms with Crippen LogP contribution >= 0.6 is 11.6 Å². The third-order valence-electron chi connectivity index (χ3n) is 5.44. The van der Waals surface area contributed by atoms with Crippen molar-refractivity contribution in [1.29, 1.82) is 5.26 Å². The predicted molar refractivity (Wildman–Crippen MR) is 71.6 cm³/mol. The van der Waals surface area contributed by atoms with E-state index < -0.39 is 0 Å². The van der Waals surface area contributed by atoms with E-state index in [2.05, 4.69) is 16.0 Å². The number of nitrogens with zero attached hydrogens (tertiary/aromatic N) is 3. The molecule has 5 rings (SSSR count). The average Bonchev–Trinajstić information content (AvgIpc) is 2.37. The van der Waals surface area contributed by atoms with Gasteiger partial charge in [0.25, 0.3) is 0 Å². The second kappa shape index (κ2) is 3.93. The number of nitriles is 1. The summed E-state index contributed by atoms with van der Waals surface area (Å²) in [6, 6.07) is 2.08. The van der Waals surface area contributed by atoms with Crippen LogP contribution in [0.2, 0.25) is 5.02 Å². The lowest BCUT2D eigenvalue weighted by Gasteiger charge is -2.56. The van der Waals surface area contributed by atoms with Gasteiger partial charge in [-0.25, -0.2) is 9.97 Å². The van der Waals surface area contributed by atoms with E-state index in [1.54, 1.807) is 0 Å². The lowest BCUT2D eigenvalue weighted by Crippen LogP contribution is -2.49. The van der Waals surface area contributed by atoms with Gasteiger partial charge in [0.2, 0.25) is 0 Å². The molecule has 0 spiro atoms. The van der Waals surface area contributed by atoms with Crippen molar-refractivity contribution in [2.45, 2.75) is 43.9 Å². The first-order valence-electron chi connectivity index (χ1n) is 7.11. The van der Waals surface area contributed by atoms with Gasteiger partial charge in [-0.1, -0.05) is 11.6 Å². The summed E-state index contributed by atoms with van der Waals surface area (Å²) in [7, 11) is 0. The lowest BCUT2D eigenvalue weighted by atomic mass is 9.49. The van der Waals surface area contributed by atoms with E-state index >= 15 is 0 Å². The van der Waals surface area contributed by atoms with E-state index in [0.29, 0.717) is 10.7 Å². The molecule has 0 aromatic carbocycles. The average molecular weight is 274 g/mol. The normalized spacial score (nSPS) is 39.3. The smallest absolute Gasteiger partial charge is 0.162 e. The number of rotatable bonds is 1. The maximum absolute atomic E-state index is 9.10. The minimum atomic E-state index is 0.139. The van der Waals surface area contributed by atoms with Crippen LogP contribution in [0.3, 0.4) is 0 Å². The molecule has 4 bridgehead atoms. The number of aromatic nitrogens is 2. The summed E-state index contributed by atoms with van der Waals surface area (Å²) >= 11 is 6.40. The molecule has 4 fully saturated rings. The molecule has 4 aliphatic rings. The lowest BCUT2D eigenvalue weighted by molar-refractivity contribution is -0.00722. The molecule has 3 nitrogen and oxygen atoms in total. The molecule has 0 amide bonds. The maximum atomic E-state index is 9.10. The van der Waals surface area contributed by atoms with Crippen molar-refractivity contribution in [2.24, 2.45) is 17.8 Å². The Hall–Kier alpha value is -1.14. The Kier molecular flexibility index (Phi) is 2.41. The Morgan fingerprint density at radius 1 is 1.11 bits per heavy atom. The fourth-order valence-electron chi connectivity index (χ4n) is 5.22. The molecular weight excluding hydrogens is 258 g/mol. The third kappa shape index (κ3) is 1.63. The Bertz CT molecular complexity index is 540. The first-order valence-corrected chi connectivity index (χ1v) is 7.49. The maximum Gasteiger partial charge on any atom is 0.162 e. The molecule has 4 heteroatoms. The Morgan fingerprint density at radius 2 is 1.68 bits per heavy atom. The first kappa shape index (κ1) is 11.7. The van der Waals surface area contributed by atoms with Crippen molar-refractivity contribution in [3.8, 4) is 6.07 Å². The van der Waals surface area contributed by atoms with E-state index in [-0.39, 0.29) is 5.41 Å². The minimum Gasteiger partial charge on any atom is -0.239 e. The molecule has 0 aliphatic heterocycles. The van der Waals surface area contributed by atoms with Crippen LogP contribution in [-0.4, -0.2) is 9.97 Å². The fraction of sp³-hybridized carbons (Fsp3) is 0.667. The van der Waals surface area contributed by atoms with Crippen molar-refractivity contribution in [2.75, 3.05) is 0 Å². The Balaban J connectivity index is 1.82. The van der Waals surface area contributed by atoms with E-state index in [4.69, 9.17) is 16.9 Å². The number of hydrogen-bond acceptors (Lipinski definition) is 3. The highest BCUT2D eigenvalue weighted by Gasteiger charge is 2.53. The van der Waals surface area contributed by atoms with Crippen molar-refractivity contribution in [1.82, 2.24) is 9.97 Å². The molecule has 98 valence electrons. The van der Waals surface area contributed by atoms with Crippen LogP contribution in [0.4, 0.5) is 0 Å². The molecule has 0 radical (unpaired) electrons. The largest absolute Gasteiger partial charge is 0.239 e. The van der Waals surface area contributed by atoms with Gasteiger partial charge in [-0.15, -0.1) is 0 Å². The van der Waals surface area contributed by atoms with Gasteiger partial charge in [0.15, 0.2) is 5.69 Å². The van der Waals surface area contributed by atoms with Crippen LogP contribution in [0.1, 0.15) is 49.9 Å². The summed E-state index contributed by atoms with van der Waals surface area (Å²) in [5.74, 6) is 2.55. The van der Waals surface area contributed by atoms with Gasteiger partial charge in [0.1, 0.15) is 12.4 Å². The van der Waals surface area contributed by atoms with Gasteiger partial charge in [0.05, 0.1) is 10.7 Å². The molecule has 1 aromatic heterocycles. The Labute approximate surface area is 118 Å². The minimum absolute atomic E-state index is 0.139. The molecule has 0 atom stereocenters. The number of halogens is 1. The van der Waals surface area contributed by atoms with Crippen LogP contribution < -0.4 is 0 Å². The van der Waals surface area contributed by atoms with Gasteiger partial charge in [-0.3, -0.25) is 0 Å². The van der Waals surface area contributed by atoms with Gasteiger partial charge >= 0.3 is 0 Å². The zero-order chi connectivity index (χ0) is 13.0. The summed E-state index contributed by atoms with van der Waals surface area (Å²) in [6.45, 7) is 0. The molecular formula is C15H16ClN3. The van der Waals surface area contributed by atoms with Gasteiger partial charge in [-0.2, -0.15) is 5.26 Å². The highest BCUT2D eigenvalue weighted by molar-refractivity contribution is 6.32. The SMILES string of the molecule is N#Cc1ncnc(C23CC4CC(CC(C4)C2)C3)c1Cl. The van der Waals surface area contributed by atoms with Gasteiger partial charge in [0, 0.05) is 5.41 Å². The molecule has 0 N–H and O–H groups in total. The summed E-state index contributed by atoms with van der Waals surface area (Å²) in [6.07, 6.45) is 9.33. The highest BCUT2D eigenvalue weighted by Crippen LogP contribution is 2.61. The van der Waals surface area contributed by atoms with E-state index in [1.807, 2.05) is 0 Å². The molecule has 4 aliphatic carbocycles. The fourth-order valence-corrected chi connectivity index (χ4v) is 5.56. The van der Waals surface area contributed by atoms with Crippen molar-refractivity contribution >= 4 is 11.6 Å². The van der Waals surface area contributed by atoms with Gasteiger partial charge in [-0.05, 0) is 56.3 Å². The van der Waals surface area contributed by atoms with Crippen molar-refractivity contribution < 1.29 is 0 Å². The molecule has 0 unspecified atom stereocenters. The van der Waals surface area contributed by atoms with E-state index in [1.165, 1.54) is 44.9 Å². The zero-order valence-corrected chi connectivity index (χ0v) is 11.5. The Morgan fingerprint density at radius 3 is 2.21 bits per heavy atom. The standard InChI is InChI=1S/C15H16ClN3/c16-13-12(7-17)18-8-19-14(13)15-4-9-1-10(5-15)3-11(2-9)6-15/h8-11H,1-6H2. The summed E-state index contributed by atoms with van der Waals surface area (Å²) < 4.78 is 0. The monoisotopic (exact) mass is 273 g/mol. The van der Waals surface area contributed by atoms with Crippen LogP contribution in [-0.2, 0) is 5.41 Å². The topological polar surface area (TPSA) is 49.6 Å². The van der Waals surface area contributed by atoms with Crippen LogP contribution in [0, 0.1) is 29.1 Å². The molecule has 0 saturated heterocycles. The predicted octanol–water partition coefficient (Wildman–Crippen LogP) is 3.47. The van der Waals surface area contributed by atoms with Gasteiger partial charge < -0.3 is 0 Å². The van der Waals surface area contributed by atoms with Crippen LogP contribution in [0.5, 0.6) is 0 Å². The van der Waals surface area contributed by atoms with E-state index in [9.17, 15) is 0 Å². The molecule has 19 heavy (non-hydrogen) atoms. The number of hydrogen-bond donors (Lipinski definition) is 0. The second-order valence-electron chi connectivity index (χ2n) is 6.69. The quantitative estimate of drug-likeness (QED) is 0.787.